The van der Waals surface area contributed by atoms with E-state index in [2.05, 4.69) is 36.2 Å². The zero-order valence-corrected chi connectivity index (χ0v) is 19.0. The van der Waals surface area contributed by atoms with E-state index in [9.17, 15) is 4.79 Å². The molecule has 1 N–H and O–H groups in total. The van der Waals surface area contributed by atoms with Crippen molar-refractivity contribution in [3.8, 4) is 0 Å². The summed E-state index contributed by atoms with van der Waals surface area (Å²) in [5.41, 5.74) is 0. The quantitative estimate of drug-likeness (QED) is 0.387. The SMILES string of the molecule is CCNC(=NCc1ccc(CC)s1)N1CCN(C(=O)c2ccco2)CC1.I. The van der Waals surface area contributed by atoms with Crippen molar-refractivity contribution in [1.29, 1.82) is 0 Å². The van der Waals surface area contributed by atoms with E-state index in [4.69, 9.17) is 9.41 Å². The number of piperazine rings is 1. The molecule has 0 unspecified atom stereocenters. The first-order valence-corrected chi connectivity index (χ1v) is 9.96. The molecule has 6 nitrogen and oxygen atoms in total. The third kappa shape index (κ3) is 5.71. The summed E-state index contributed by atoms with van der Waals surface area (Å²) >= 11 is 1.83. The third-order valence-corrected chi connectivity index (χ3v) is 5.60. The molecule has 3 heterocycles. The van der Waals surface area contributed by atoms with Crippen molar-refractivity contribution in [2.45, 2.75) is 26.8 Å². The van der Waals surface area contributed by atoms with E-state index in [-0.39, 0.29) is 29.9 Å². The second kappa shape index (κ2) is 10.7. The normalized spacial score (nSPS) is 14.8. The van der Waals surface area contributed by atoms with E-state index in [1.807, 2.05) is 16.2 Å². The molecule has 1 aliphatic rings. The topological polar surface area (TPSA) is 61.1 Å². The third-order valence-electron chi connectivity index (χ3n) is 4.38. The van der Waals surface area contributed by atoms with Crippen LogP contribution in [-0.2, 0) is 13.0 Å². The fourth-order valence-electron chi connectivity index (χ4n) is 2.95. The van der Waals surface area contributed by atoms with Gasteiger partial charge >= 0.3 is 0 Å². The predicted octanol–water partition coefficient (Wildman–Crippen LogP) is 3.45. The number of hydrogen-bond acceptors (Lipinski definition) is 4. The summed E-state index contributed by atoms with van der Waals surface area (Å²) < 4.78 is 5.22. The van der Waals surface area contributed by atoms with E-state index in [1.165, 1.54) is 16.0 Å². The molecule has 2 aromatic heterocycles. The van der Waals surface area contributed by atoms with Crippen LogP contribution < -0.4 is 5.32 Å². The number of amides is 1. The molecular weight excluding hydrogens is 475 g/mol. The lowest BCUT2D eigenvalue weighted by Crippen LogP contribution is -2.53. The van der Waals surface area contributed by atoms with E-state index in [0.717, 1.165) is 32.0 Å². The van der Waals surface area contributed by atoms with Crippen LogP contribution >= 0.6 is 35.3 Å². The van der Waals surface area contributed by atoms with Gasteiger partial charge in [-0.25, -0.2) is 4.99 Å². The molecule has 0 saturated carbocycles. The van der Waals surface area contributed by atoms with Crippen LogP contribution in [0.3, 0.4) is 0 Å². The molecule has 0 bridgehead atoms. The van der Waals surface area contributed by atoms with Gasteiger partial charge in [-0.15, -0.1) is 35.3 Å². The Bertz CT molecular complexity index is 737. The van der Waals surface area contributed by atoms with Crippen molar-refractivity contribution in [2.24, 2.45) is 4.99 Å². The highest BCUT2D eigenvalue weighted by Crippen LogP contribution is 2.18. The molecule has 0 aliphatic carbocycles. The number of thiophene rings is 1. The Labute approximate surface area is 181 Å². The number of carbonyl (C=O) groups excluding carboxylic acids is 1. The minimum absolute atomic E-state index is 0. The van der Waals surface area contributed by atoms with Gasteiger partial charge < -0.3 is 19.5 Å². The lowest BCUT2D eigenvalue weighted by Gasteiger charge is -2.36. The van der Waals surface area contributed by atoms with Crippen LogP contribution in [-0.4, -0.2) is 54.4 Å². The number of guanidine groups is 1. The molecule has 27 heavy (non-hydrogen) atoms. The summed E-state index contributed by atoms with van der Waals surface area (Å²) in [6.07, 6.45) is 2.61. The van der Waals surface area contributed by atoms with Crippen LogP contribution in [0.1, 0.15) is 34.2 Å². The standard InChI is InChI=1S/C19H26N4O2S.HI/c1-3-15-7-8-16(26-15)14-21-19(20-4-2)23-11-9-22(10-12-23)18(24)17-6-5-13-25-17;/h5-8,13H,3-4,9-12,14H2,1-2H3,(H,20,21);1H. The number of carbonyl (C=O) groups is 1. The number of aliphatic imine (C=N–C) groups is 1. The van der Waals surface area contributed by atoms with Gasteiger partial charge in [0.25, 0.3) is 5.91 Å². The molecular formula is C19H27IN4O2S. The van der Waals surface area contributed by atoms with Crippen molar-refractivity contribution in [2.75, 3.05) is 32.7 Å². The van der Waals surface area contributed by atoms with Gasteiger partial charge in [-0.2, -0.15) is 0 Å². The monoisotopic (exact) mass is 502 g/mol. The molecule has 148 valence electrons. The summed E-state index contributed by atoms with van der Waals surface area (Å²) in [6, 6.07) is 7.80. The van der Waals surface area contributed by atoms with Gasteiger partial charge in [-0.1, -0.05) is 6.92 Å². The van der Waals surface area contributed by atoms with Gasteiger partial charge in [0, 0.05) is 42.5 Å². The zero-order chi connectivity index (χ0) is 18.4. The summed E-state index contributed by atoms with van der Waals surface area (Å²) in [5.74, 6) is 1.29. The van der Waals surface area contributed by atoms with Crippen molar-refractivity contribution in [3.05, 3.63) is 46.0 Å². The number of nitrogens with one attached hydrogen (secondary N) is 1. The second-order valence-electron chi connectivity index (χ2n) is 6.15. The average Bonchev–Trinajstić information content (AvgIpc) is 3.36. The summed E-state index contributed by atoms with van der Waals surface area (Å²) in [7, 11) is 0. The molecule has 1 saturated heterocycles. The van der Waals surface area contributed by atoms with Gasteiger partial charge in [-0.05, 0) is 37.6 Å². The lowest BCUT2D eigenvalue weighted by molar-refractivity contribution is 0.0657. The first-order chi connectivity index (χ1) is 12.7. The van der Waals surface area contributed by atoms with Crippen LogP contribution in [0.2, 0.25) is 0 Å². The molecule has 0 radical (unpaired) electrons. The van der Waals surface area contributed by atoms with Crippen LogP contribution in [0, 0.1) is 0 Å². The Balaban J connectivity index is 0.00000261. The lowest BCUT2D eigenvalue weighted by atomic mass is 10.3. The molecule has 8 heteroatoms. The summed E-state index contributed by atoms with van der Waals surface area (Å²) in [6.45, 7) is 8.64. The molecule has 0 atom stereocenters. The molecule has 0 aromatic carbocycles. The smallest absolute Gasteiger partial charge is 0.289 e. The highest BCUT2D eigenvalue weighted by Gasteiger charge is 2.25. The highest BCUT2D eigenvalue weighted by molar-refractivity contribution is 14.0. The fraction of sp³-hybridized carbons (Fsp3) is 0.474. The number of rotatable bonds is 5. The van der Waals surface area contributed by atoms with Crippen LogP contribution in [0.15, 0.2) is 39.9 Å². The molecule has 2 aromatic rings. The number of furan rings is 1. The number of hydrogen-bond donors (Lipinski definition) is 1. The molecule has 1 aliphatic heterocycles. The number of nitrogens with zero attached hydrogens (tertiary/aromatic N) is 3. The minimum Gasteiger partial charge on any atom is -0.459 e. The van der Waals surface area contributed by atoms with Crippen molar-refractivity contribution in [3.63, 3.8) is 0 Å². The van der Waals surface area contributed by atoms with Gasteiger partial charge in [0.1, 0.15) is 0 Å². The van der Waals surface area contributed by atoms with Gasteiger partial charge in [0.15, 0.2) is 11.7 Å². The second-order valence-corrected chi connectivity index (χ2v) is 7.40. The molecule has 1 fully saturated rings. The maximum absolute atomic E-state index is 12.4. The van der Waals surface area contributed by atoms with Crippen molar-refractivity contribution in [1.82, 2.24) is 15.1 Å². The Kier molecular flexibility index (Phi) is 8.62. The first kappa shape index (κ1) is 21.7. The van der Waals surface area contributed by atoms with Crippen LogP contribution in [0.25, 0.3) is 0 Å². The summed E-state index contributed by atoms with van der Waals surface area (Å²) in [5, 5.41) is 3.37. The maximum atomic E-state index is 12.4. The van der Waals surface area contributed by atoms with E-state index in [1.54, 1.807) is 12.1 Å². The van der Waals surface area contributed by atoms with Crippen molar-refractivity contribution >= 4 is 47.2 Å². The Hall–Kier alpha value is -1.55. The Morgan fingerprint density at radius 2 is 1.85 bits per heavy atom. The predicted molar refractivity (Wildman–Crippen MR) is 120 cm³/mol. The average molecular weight is 502 g/mol. The molecule has 3 rings (SSSR count). The minimum atomic E-state index is -0.0396. The number of halogens is 1. The van der Waals surface area contributed by atoms with E-state index in [0.29, 0.717) is 25.4 Å². The van der Waals surface area contributed by atoms with Crippen LogP contribution in [0.5, 0.6) is 0 Å². The van der Waals surface area contributed by atoms with Gasteiger partial charge in [0.05, 0.1) is 12.8 Å². The van der Waals surface area contributed by atoms with E-state index >= 15 is 0 Å². The Morgan fingerprint density at radius 1 is 1.15 bits per heavy atom. The maximum Gasteiger partial charge on any atom is 0.289 e. The van der Waals surface area contributed by atoms with E-state index < -0.39 is 0 Å². The zero-order valence-electron chi connectivity index (χ0n) is 15.8. The Morgan fingerprint density at radius 3 is 2.44 bits per heavy atom. The summed E-state index contributed by atoms with van der Waals surface area (Å²) in [4.78, 5) is 23.9. The van der Waals surface area contributed by atoms with Crippen molar-refractivity contribution < 1.29 is 9.21 Å². The molecule has 0 spiro atoms. The fourth-order valence-corrected chi connectivity index (χ4v) is 3.84. The van der Waals surface area contributed by atoms with Gasteiger partial charge in [0.2, 0.25) is 0 Å². The molecule has 1 amide bonds. The first-order valence-electron chi connectivity index (χ1n) is 9.15. The van der Waals surface area contributed by atoms with Gasteiger partial charge in [-0.3, -0.25) is 4.79 Å². The largest absolute Gasteiger partial charge is 0.459 e. The number of aryl methyl sites for hydroxylation is 1. The highest BCUT2D eigenvalue weighted by atomic mass is 127. The van der Waals surface area contributed by atoms with Crippen LogP contribution in [0.4, 0.5) is 0 Å².